The van der Waals surface area contributed by atoms with Gasteiger partial charge in [-0.2, -0.15) is 0 Å². The number of aliphatic hydroxyl groups is 1. The van der Waals surface area contributed by atoms with Crippen molar-refractivity contribution in [3.8, 4) is 0 Å². The zero-order valence-corrected chi connectivity index (χ0v) is 13.5. The van der Waals surface area contributed by atoms with Gasteiger partial charge in [0.2, 0.25) is 5.91 Å². The zero-order valence-electron chi connectivity index (χ0n) is 13.5. The van der Waals surface area contributed by atoms with Gasteiger partial charge in [-0.15, -0.1) is 0 Å². The summed E-state index contributed by atoms with van der Waals surface area (Å²) >= 11 is 0. The molecule has 0 aliphatic carbocycles. The van der Waals surface area contributed by atoms with Gasteiger partial charge in [0.15, 0.2) is 0 Å². The average molecular weight is 313 g/mol. The minimum atomic E-state index is -0.818. The van der Waals surface area contributed by atoms with Crippen LogP contribution in [0.25, 0.3) is 6.08 Å². The van der Waals surface area contributed by atoms with Crippen LogP contribution in [0, 0.1) is 0 Å². The van der Waals surface area contributed by atoms with Gasteiger partial charge in [0.25, 0.3) is 0 Å². The van der Waals surface area contributed by atoms with E-state index < -0.39 is 6.10 Å². The lowest BCUT2D eigenvalue weighted by Gasteiger charge is -2.08. The number of carbonyl (C=O) groups is 1. The van der Waals surface area contributed by atoms with Crippen molar-refractivity contribution in [2.75, 3.05) is 6.54 Å². The maximum atomic E-state index is 11.7. The van der Waals surface area contributed by atoms with Crippen molar-refractivity contribution in [1.29, 1.82) is 0 Å². The van der Waals surface area contributed by atoms with Gasteiger partial charge in [-0.25, -0.2) is 0 Å². The third kappa shape index (κ3) is 5.42. The fraction of sp³-hybridized carbons (Fsp3) is 0.316. The maximum absolute atomic E-state index is 11.7. The molecule has 122 valence electrons. The normalized spacial score (nSPS) is 12.7. The monoisotopic (exact) mass is 313 g/mol. The fourth-order valence-electron chi connectivity index (χ4n) is 2.16. The van der Waals surface area contributed by atoms with Gasteiger partial charge in [-0.1, -0.05) is 50.3 Å². The van der Waals surface area contributed by atoms with Crippen LogP contribution in [0.5, 0.6) is 0 Å². The van der Waals surface area contributed by atoms with Crippen LogP contribution in [0.3, 0.4) is 0 Å². The standard InChI is InChI=1S/C19H23NO3/c1-14(2)16-10-8-15(9-11-16)5-3-7-19(22)20-13-17(21)18-6-4-12-23-18/h3-6,8-12,14,17,21H,7,13H2,1-2H3,(H,20,22)/b5-3+. The van der Waals surface area contributed by atoms with E-state index in [9.17, 15) is 9.90 Å². The SMILES string of the molecule is CC(C)c1ccc(/C=C/CC(=O)NCC(O)c2ccco2)cc1. The smallest absolute Gasteiger partial charge is 0.223 e. The van der Waals surface area contributed by atoms with E-state index in [4.69, 9.17) is 4.42 Å². The summed E-state index contributed by atoms with van der Waals surface area (Å²) in [5.41, 5.74) is 2.37. The van der Waals surface area contributed by atoms with Crippen LogP contribution in [0.4, 0.5) is 0 Å². The zero-order chi connectivity index (χ0) is 16.7. The number of rotatable bonds is 7. The molecule has 1 heterocycles. The van der Waals surface area contributed by atoms with Gasteiger partial charge < -0.3 is 14.8 Å². The lowest BCUT2D eigenvalue weighted by Crippen LogP contribution is -2.27. The minimum Gasteiger partial charge on any atom is -0.467 e. The molecule has 4 heteroatoms. The molecule has 0 fully saturated rings. The van der Waals surface area contributed by atoms with Gasteiger partial charge in [0.1, 0.15) is 11.9 Å². The molecular weight excluding hydrogens is 290 g/mol. The van der Waals surface area contributed by atoms with Crippen molar-refractivity contribution >= 4 is 12.0 Å². The van der Waals surface area contributed by atoms with Gasteiger partial charge >= 0.3 is 0 Å². The second kappa shape index (κ2) is 8.34. The van der Waals surface area contributed by atoms with Crippen molar-refractivity contribution < 1.29 is 14.3 Å². The first-order chi connectivity index (χ1) is 11.1. The van der Waals surface area contributed by atoms with Crippen molar-refractivity contribution in [2.45, 2.75) is 32.3 Å². The maximum Gasteiger partial charge on any atom is 0.223 e. The average Bonchev–Trinajstić information content (AvgIpc) is 3.07. The summed E-state index contributed by atoms with van der Waals surface area (Å²) in [5.74, 6) is 0.830. The first-order valence-corrected chi connectivity index (χ1v) is 7.81. The van der Waals surface area contributed by atoms with Crippen molar-refractivity contribution in [2.24, 2.45) is 0 Å². The number of nitrogens with one attached hydrogen (secondary N) is 1. The lowest BCUT2D eigenvalue weighted by atomic mass is 10.0. The second-order valence-electron chi connectivity index (χ2n) is 5.76. The molecule has 0 saturated carbocycles. The number of aliphatic hydroxyl groups excluding tert-OH is 1. The summed E-state index contributed by atoms with van der Waals surface area (Å²) < 4.78 is 5.08. The highest BCUT2D eigenvalue weighted by Crippen LogP contribution is 2.15. The van der Waals surface area contributed by atoms with E-state index >= 15 is 0 Å². The Morgan fingerprint density at radius 2 is 2.00 bits per heavy atom. The molecule has 1 aromatic heterocycles. The first-order valence-electron chi connectivity index (χ1n) is 7.81. The third-order valence-electron chi connectivity index (χ3n) is 3.58. The summed E-state index contributed by atoms with van der Waals surface area (Å²) in [6.07, 6.45) is 4.69. The highest BCUT2D eigenvalue weighted by molar-refractivity contribution is 5.78. The summed E-state index contributed by atoms with van der Waals surface area (Å²) in [7, 11) is 0. The predicted molar refractivity (Wildman–Crippen MR) is 90.9 cm³/mol. The fourth-order valence-corrected chi connectivity index (χ4v) is 2.16. The largest absolute Gasteiger partial charge is 0.467 e. The molecule has 0 spiro atoms. The Balaban J connectivity index is 1.75. The Hall–Kier alpha value is -2.33. The summed E-state index contributed by atoms with van der Waals surface area (Å²) in [4.78, 5) is 11.7. The van der Waals surface area contributed by atoms with Crippen LogP contribution in [-0.2, 0) is 4.79 Å². The Labute approximate surface area is 136 Å². The Bertz CT molecular complexity index is 627. The molecule has 2 rings (SSSR count). The van der Waals surface area contributed by atoms with E-state index in [1.807, 2.05) is 24.3 Å². The number of hydrogen-bond donors (Lipinski definition) is 2. The molecular formula is C19H23NO3. The van der Waals surface area contributed by atoms with E-state index in [0.29, 0.717) is 11.7 Å². The highest BCUT2D eigenvalue weighted by atomic mass is 16.4. The van der Waals surface area contributed by atoms with E-state index in [2.05, 4.69) is 31.3 Å². The molecule has 1 aromatic carbocycles. The summed E-state index contributed by atoms with van der Waals surface area (Å²) in [5, 5.41) is 12.5. The van der Waals surface area contributed by atoms with Gasteiger partial charge in [0, 0.05) is 6.42 Å². The number of benzene rings is 1. The molecule has 1 amide bonds. The van der Waals surface area contributed by atoms with E-state index in [1.165, 1.54) is 11.8 Å². The van der Waals surface area contributed by atoms with Crippen LogP contribution in [0.2, 0.25) is 0 Å². The van der Waals surface area contributed by atoms with Crippen LogP contribution in [0.1, 0.15) is 49.2 Å². The molecule has 2 N–H and O–H groups in total. The Morgan fingerprint density at radius 1 is 1.26 bits per heavy atom. The van der Waals surface area contributed by atoms with Crippen LogP contribution in [0.15, 0.2) is 53.2 Å². The Morgan fingerprint density at radius 3 is 2.61 bits per heavy atom. The molecule has 0 aliphatic heterocycles. The van der Waals surface area contributed by atoms with E-state index in [1.54, 1.807) is 12.1 Å². The molecule has 4 nitrogen and oxygen atoms in total. The van der Waals surface area contributed by atoms with Crippen LogP contribution in [-0.4, -0.2) is 17.6 Å². The first kappa shape index (κ1) is 17.0. The molecule has 0 radical (unpaired) electrons. The molecule has 0 saturated heterocycles. The lowest BCUT2D eigenvalue weighted by molar-refractivity contribution is -0.120. The molecule has 0 aliphatic rings. The van der Waals surface area contributed by atoms with Gasteiger partial charge in [-0.05, 0) is 29.2 Å². The molecule has 0 bridgehead atoms. The molecule has 1 atom stereocenters. The van der Waals surface area contributed by atoms with Crippen LogP contribution >= 0.6 is 0 Å². The minimum absolute atomic E-state index is 0.134. The summed E-state index contributed by atoms with van der Waals surface area (Å²) in [6.45, 7) is 4.46. The van der Waals surface area contributed by atoms with Crippen LogP contribution < -0.4 is 5.32 Å². The molecule has 23 heavy (non-hydrogen) atoms. The quantitative estimate of drug-likeness (QED) is 0.820. The third-order valence-corrected chi connectivity index (χ3v) is 3.58. The Kier molecular flexibility index (Phi) is 6.18. The van der Waals surface area contributed by atoms with Crippen molar-refractivity contribution in [1.82, 2.24) is 5.32 Å². The number of furan rings is 1. The highest BCUT2D eigenvalue weighted by Gasteiger charge is 2.10. The topological polar surface area (TPSA) is 62.5 Å². The number of amides is 1. The van der Waals surface area contributed by atoms with Gasteiger partial charge in [-0.3, -0.25) is 4.79 Å². The predicted octanol–water partition coefficient (Wildman–Crippen LogP) is 3.66. The second-order valence-corrected chi connectivity index (χ2v) is 5.76. The van der Waals surface area contributed by atoms with Crippen molar-refractivity contribution in [3.05, 3.63) is 65.6 Å². The summed E-state index contributed by atoms with van der Waals surface area (Å²) in [6, 6.07) is 11.7. The van der Waals surface area contributed by atoms with E-state index in [0.717, 1.165) is 5.56 Å². The number of hydrogen-bond acceptors (Lipinski definition) is 3. The number of carbonyl (C=O) groups excluding carboxylic acids is 1. The van der Waals surface area contributed by atoms with Crippen molar-refractivity contribution in [3.63, 3.8) is 0 Å². The van der Waals surface area contributed by atoms with E-state index in [-0.39, 0.29) is 18.9 Å². The molecule has 1 unspecified atom stereocenters. The van der Waals surface area contributed by atoms with Gasteiger partial charge in [0.05, 0.1) is 12.8 Å². The molecule has 2 aromatic rings.